The number of benzene rings is 2. The molecule has 0 aliphatic carbocycles. The predicted octanol–water partition coefficient (Wildman–Crippen LogP) is 2.22. The van der Waals surface area contributed by atoms with E-state index in [9.17, 15) is 14.7 Å². The molecular formula is C18H17N3O4. The standard InChI is InChI=1S/C18H17N3O4/c1-10-3-4-16-14(5-10)15(20-21(16)2)9-19-17(23)11-6-12(18(24)25)8-13(22)7-11/h3-8,22H,9H2,1-2H3,(H,19,23)(H,24,25). The molecule has 0 radical (unpaired) electrons. The van der Waals surface area contributed by atoms with Gasteiger partial charge < -0.3 is 15.5 Å². The number of carboxylic acid groups (broad SMARTS) is 1. The van der Waals surface area contributed by atoms with Crippen LogP contribution in [0.2, 0.25) is 0 Å². The maximum absolute atomic E-state index is 12.3. The van der Waals surface area contributed by atoms with Gasteiger partial charge in [-0.05, 0) is 37.3 Å². The summed E-state index contributed by atoms with van der Waals surface area (Å²) < 4.78 is 1.74. The van der Waals surface area contributed by atoms with Crippen LogP contribution in [0.4, 0.5) is 0 Å². The van der Waals surface area contributed by atoms with Gasteiger partial charge in [0.05, 0.1) is 23.3 Å². The quantitative estimate of drug-likeness (QED) is 0.676. The molecule has 128 valence electrons. The average molecular weight is 339 g/mol. The number of carbonyl (C=O) groups is 2. The zero-order chi connectivity index (χ0) is 18.1. The first-order valence-electron chi connectivity index (χ1n) is 7.63. The summed E-state index contributed by atoms with van der Waals surface area (Å²) in [5, 5.41) is 26.7. The first kappa shape index (κ1) is 16.5. The van der Waals surface area contributed by atoms with E-state index in [2.05, 4.69) is 10.4 Å². The largest absolute Gasteiger partial charge is 0.508 e. The summed E-state index contributed by atoms with van der Waals surface area (Å²) in [7, 11) is 1.83. The van der Waals surface area contributed by atoms with Gasteiger partial charge in [-0.2, -0.15) is 5.10 Å². The van der Waals surface area contributed by atoms with Crippen LogP contribution in [0.25, 0.3) is 10.9 Å². The fraction of sp³-hybridized carbons (Fsp3) is 0.167. The van der Waals surface area contributed by atoms with Crippen LogP contribution >= 0.6 is 0 Å². The minimum absolute atomic E-state index is 0.0776. The Kier molecular flexibility index (Phi) is 4.14. The topological polar surface area (TPSA) is 104 Å². The molecule has 0 saturated heterocycles. The minimum Gasteiger partial charge on any atom is -0.508 e. The number of aryl methyl sites for hydroxylation is 2. The van der Waals surface area contributed by atoms with Crippen molar-refractivity contribution < 1.29 is 19.8 Å². The second-order valence-electron chi connectivity index (χ2n) is 5.85. The molecule has 0 atom stereocenters. The second-order valence-corrected chi connectivity index (χ2v) is 5.85. The summed E-state index contributed by atoms with van der Waals surface area (Å²) in [5.74, 6) is -1.97. The number of nitrogens with zero attached hydrogens (tertiary/aromatic N) is 2. The molecule has 0 bridgehead atoms. The van der Waals surface area contributed by atoms with E-state index >= 15 is 0 Å². The SMILES string of the molecule is Cc1ccc2c(c1)c(CNC(=O)c1cc(O)cc(C(=O)O)c1)nn2C. The molecule has 2 aromatic carbocycles. The number of aromatic carboxylic acids is 1. The number of carbonyl (C=O) groups excluding carboxylic acids is 1. The number of nitrogens with one attached hydrogen (secondary N) is 1. The van der Waals surface area contributed by atoms with Gasteiger partial charge in [0.25, 0.3) is 5.91 Å². The normalized spacial score (nSPS) is 10.8. The Balaban J connectivity index is 1.84. The molecule has 7 heteroatoms. The Morgan fingerprint density at radius 2 is 1.88 bits per heavy atom. The zero-order valence-electron chi connectivity index (χ0n) is 13.8. The highest BCUT2D eigenvalue weighted by molar-refractivity contribution is 5.98. The molecule has 7 nitrogen and oxygen atoms in total. The van der Waals surface area contributed by atoms with Gasteiger partial charge in [-0.15, -0.1) is 0 Å². The van der Waals surface area contributed by atoms with E-state index in [1.165, 1.54) is 12.1 Å². The van der Waals surface area contributed by atoms with Gasteiger partial charge in [0.15, 0.2) is 0 Å². The van der Waals surface area contributed by atoms with E-state index in [0.717, 1.165) is 22.5 Å². The van der Waals surface area contributed by atoms with Crippen LogP contribution in [0, 0.1) is 6.92 Å². The van der Waals surface area contributed by atoms with E-state index in [1.54, 1.807) is 4.68 Å². The molecule has 0 aliphatic heterocycles. The number of phenols is 1. The van der Waals surface area contributed by atoms with Crippen LogP contribution in [-0.4, -0.2) is 31.9 Å². The summed E-state index contributed by atoms with van der Waals surface area (Å²) >= 11 is 0. The third kappa shape index (κ3) is 3.30. The first-order chi connectivity index (χ1) is 11.8. The molecule has 25 heavy (non-hydrogen) atoms. The number of phenolic OH excluding ortho intramolecular Hbond substituents is 1. The summed E-state index contributed by atoms with van der Waals surface area (Å²) in [4.78, 5) is 23.3. The number of amides is 1. The Bertz CT molecular complexity index is 991. The first-order valence-corrected chi connectivity index (χ1v) is 7.63. The van der Waals surface area contributed by atoms with Crippen molar-refractivity contribution in [2.75, 3.05) is 0 Å². The summed E-state index contributed by atoms with van der Waals surface area (Å²) in [5.41, 5.74) is 2.69. The fourth-order valence-electron chi connectivity index (χ4n) is 2.71. The van der Waals surface area contributed by atoms with E-state index in [-0.39, 0.29) is 23.4 Å². The van der Waals surface area contributed by atoms with Crippen molar-refractivity contribution >= 4 is 22.8 Å². The van der Waals surface area contributed by atoms with E-state index in [1.807, 2.05) is 32.2 Å². The minimum atomic E-state index is -1.21. The number of hydrogen-bond donors (Lipinski definition) is 3. The van der Waals surface area contributed by atoms with Crippen molar-refractivity contribution in [2.45, 2.75) is 13.5 Å². The fourth-order valence-corrected chi connectivity index (χ4v) is 2.71. The smallest absolute Gasteiger partial charge is 0.335 e. The van der Waals surface area contributed by atoms with Crippen molar-refractivity contribution in [3.8, 4) is 5.75 Å². The Morgan fingerprint density at radius 1 is 1.16 bits per heavy atom. The highest BCUT2D eigenvalue weighted by Gasteiger charge is 2.14. The van der Waals surface area contributed by atoms with Gasteiger partial charge in [-0.25, -0.2) is 4.79 Å². The molecule has 3 aromatic rings. The third-order valence-electron chi connectivity index (χ3n) is 3.93. The second kappa shape index (κ2) is 6.27. The molecular weight excluding hydrogens is 322 g/mol. The van der Waals surface area contributed by atoms with Gasteiger partial charge in [-0.1, -0.05) is 11.6 Å². The van der Waals surface area contributed by atoms with Gasteiger partial charge in [-0.3, -0.25) is 9.48 Å². The maximum atomic E-state index is 12.3. The van der Waals surface area contributed by atoms with Gasteiger partial charge in [0, 0.05) is 18.0 Å². The molecule has 0 aliphatic rings. The predicted molar refractivity (Wildman–Crippen MR) is 91.7 cm³/mol. The molecule has 0 fully saturated rings. The molecule has 1 aromatic heterocycles. The summed E-state index contributed by atoms with van der Waals surface area (Å²) in [6.45, 7) is 2.17. The zero-order valence-corrected chi connectivity index (χ0v) is 13.8. The number of hydrogen-bond acceptors (Lipinski definition) is 4. The van der Waals surface area contributed by atoms with Crippen LogP contribution in [0.5, 0.6) is 5.75 Å². The van der Waals surface area contributed by atoms with E-state index < -0.39 is 11.9 Å². The van der Waals surface area contributed by atoms with Gasteiger partial charge in [0.2, 0.25) is 0 Å². The van der Waals surface area contributed by atoms with Crippen molar-refractivity contribution in [1.29, 1.82) is 0 Å². The van der Waals surface area contributed by atoms with Crippen LogP contribution in [0.3, 0.4) is 0 Å². The molecule has 1 amide bonds. The molecule has 0 spiro atoms. The van der Waals surface area contributed by atoms with Crippen molar-refractivity contribution in [3.05, 3.63) is 58.8 Å². The van der Waals surface area contributed by atoms with E-state index in [0.29, 0.717) is 5.69 Å². The number of aromatic hydroxyl groups is 1. The van der Waals surface area contributed by atoms with Crippen LogP contribution < -0.4 is 5.32 Å². The average Bonchev–Trinajstić information content (AvgIpc) is 2.87. The van der Waals surface area contributed by atoms with Crippen LogP contribution in [0.15, 0.2) is 36.4 Å². The third-order valence-corrected chi connectivity index (χ3v) is 3.93. The number of fused-ring (bicyclic) bond motifs is 1. The molecule has 0 unspecified atom stereocenters. The molecule has 3 N–H and O–H groups in total. The highest BCUT2D eigenvalue weighted by atomic mass is 16.4. The van der Waals surface area contributed by atoms with Gasteiger partial charge in [0.1, 0.15) is 5.75 Å². The molecule has 1 heterocycles. The monoisotopic (exact) mass is 339 g/mol. The van der Waals surface area contributed by atoms with Crippen molar-refractivity contribution in [1.82, 2.24) is 15.1 Å². The van der Waals surface area contributed by atoms with Crippen molar-refractivity contribution in [2.24, 2.45) is 7.05 Å². The maximum Gasteiger partial charge on any atom is 0.335 e. The molecule has 0 saturated carbocycles. The van der Waals surface area contributed by atoms with Crippen LogP contribution in [-0.2, 0) is 13.6 Å². The van der Waals surface area contributed by atoms with Gasteiger partial charge >= 0.3 is 5.97 Å². The number of rotatable bonds is 4. The highest BCUT2D eigenvalue weighted by Crippen LogP contribution is 2.20. The lowest BCUT2D eigenvalue weighted by molar-refractivity contribution is 0.0696. The van der Waals surface area contributed by atoms with E-state index in [4.69, 9.17) is 5.11 Å². The molecule has 3 rings (SSSR count). The van der Waals surface area contributed by atoms with Crippen LogP contribution in [0.1, 0.15) is 32.0 Å². The Hall–Kier alpha value is -3.35. The lowest BCUT2D eigenvalue weighted by Crippen LogP contribution is -2.23. The lowest BCUT2D eigenvalue weighted by Gasteiger charge is -2.06. The Morgan fingerprint density at radius 3 is 2.60 bits per heavy atom. The Labute approximate surface area is 143 Å². The van der Waals surface area contributed by atoms with Crippen molar-refractivity contribution in [3.63, 3.8) is 0 Å². The summed E-state index contributed by atoms with van der Waals surface area (Å²) in [6.07, 6.45) is 0. The lowest BCUT2D eigenvalue weighted by atomic mass is 10.1. The number of aromatic nitrogens is 2. The number of carboxylic acids is 1. The summed E-state index contributed by atoms with van der Waals surface area (Å²) in [6, 6.07) is 9.50.